The minimum absolute atomic E-state index is 0.245. The number of amides is 1. The molecule has 0 aromatic heterocycles. The maximum atomic E-state index is 14.4. The Bertz CT molecular complexity index is 697. The number of morpholine rings is 1. The van der Waals surface area contributed by atoms with Gasteiger partial charge >= 0.3 is 0 Å². The van der Waals surface area contributed by atoms with Crippen molar-refractivity contribution in [2.24, 2.45) is 5.73 Å². The molecule has 1 amide bonds. The fraction of sp³-hybridized carbons (Fsp3) is 0.235. The molecule has 3 rings (SSSR count). The van der Waals surface area contributed by atoms with E-state index in [0.29, 0.717) is 42.0 Å². The second-order valence-corrected chi connectivity index (χ2v) is 5.19. The van der Waals surface area contributed by atoms with Crippen molar-refractivity contribution in [3.8, 4) is 11.1 Å². The number of carbonyl (C=O) groups excluding carboxylic acids is 1. The fourth-order valence-electron chi connectivity index (χ4n) is 2.81. The monoisotopic (exact) mass is 300 g/mol. The van der Waals surface area contributed by atoms with E-state index in [9.17, 15) is 9.18 Å². The van der Waals surface area contributed by atoms with Gasteiger partial charge in [0, 0.05) is 17.7 Å². The minimum Gasteiger partial charge on any atom is -0.378 e. The Morgan fingerprint density at radius 3 is 2.68 bits per heavy atom. The molecule has 114 valence electrons. The van der Waals surface area contributed by atoms with E-state index in [0.717, 1.165) is 0 Å². The molecular formula is C17H17FN2O2. The molecule has 0 saturated carbocycles. The predicted octanol–water partition coefficient (Wildman–Crippen LogP) is 2.25. The van der Waals surface area contributed by atoms with Gasteiger partial charge in [0.2, 0.25) is 5.91 Å². The summed E-state index contributed by atoms with van der Waals surface area (Å²) in [5.74, 6) is -0.849. The lowest BCUT2D eigenvalue weighted by atomic mass is 9.91. The van der Waals surface area contributed by atoms with Gasteiger partial charge in [-0.05, 0) is 23.3 Å². The van der Waals surface area contributed by atoms with Gasteiger partial charge in [0.05, 0.1) is 19.3 Å². The van der Waals surface area contributed by atoms with Crippen molar-refractivity contribution in [2.75, 3.05) is 19.8 Å². The highest BCUT2D eigenvalue weighted by molar-refractivity contribution is 6.00. The molecule has 0 radical (unpaired) electrons. The average molecular weight is 300 g/mol. The summed E-state index contributed by atoms with van der Waals surface area (Å²) < 4.78 is 19.9. The van der Waals surface area contributed by atoms with E-state index in [1.165, 1.54) is 6.07 Å². The quantitative estimate of drug-likeness (QED) is 0.914. The molecule has 22 heavy (non-hydrogen) atoms. The topological polar surface area (TPSA) is 64.4 Å². The zero-order chi connectivity index (χ0) is 15.5. The highest BCUT2D eigenvalue weighted by atomic mass is 19.1. The van der Waals surface area contributed by atoms with Gasteiger partial charge in [-0.2, -0.15) is 0 Å². The summed E-state index contributed by atoms with van der Waals surface area (Å²) in [7, 11) is 0. The van der Waals surface area contributed by atoms with E-state index < -0.39 is 5.91 Å². The lowest BCUT2D eigenvalue weighted by Gasteiger charge is -2.27. The molecule has 1 aliphatic heterocycles. The third-order valence-corrected chi connectivity index (χ3v) is 3.81. The van der Waals surface area contributed by atoms with Crippen LogP contribution in [-0.4, -0.2) is 25.7 Å². The lowest BCUT2D eigenvalue weighted by molar-refractivity contribution is 0.0759. The second kappa shape index (κ2) is 6.25. The van der Waals surface area contributed by atoms with Crippen LogP contribution in [0.4, 0.5) is 4.39 Å². The number of carbonyl (C=O) groups is 1. The zero-order valence-corrected chi connectivity index (χ0v) is 12.0. The summed E-state index contributed by atoms with van der Waals surface area (Å²) in [4.78, 5) is 11.7. The third kappa shape index (κ3) is 2.73. The first-order valence-corrected chi connectivity index (χ1v) is 7.17. The molecule has 0 aliphatic carbocycles. The zero-order valence-electron chi connectivity index (χ0n) is 12.0. The van der Waals surface area contributed by atoms with E-state index in [4.69, 9.17) is 10.5 Å². The number of benzene rings is 2. The van der Waals surface area contributed by atoms with Crippen molar-refractivity contribution >= 4 is 5.91 Å². The third-order valence-electron chi connectivity index (χ3n) is 3.81. The molecule has 1 aliphatic rings. The Morgan fingerprint density at radius 1 is 1.18 bits per heavy atom. The Kier molecular flexibility index (Phi) is 4.18. The summed E-state index contributed by atoms with van der Waals surface area (Å²) in [5, 5.41) is 3.25. The first-order valence-electron chi connectivity index (χ1n) is 7.17. The molecule has 1 saturated heterocycles. The van der Waals surface area contributed by atoms with Crippen molar-refractivity contribution in [1.29, 1.82) is 0 Å². The van der Waals surface area contributed by atoms with Crippen LogP contribution < -0.4 is 11.1 Å². The Hall–Kier alpha value is -2.24. The summed E-state index contributed by atoms with van der Waals surface area (Å²) in [6.45, 7) is 1.67. The number of rotatable bonds is 3. The van der Waals surface area contributed by atoms with E-state index in [-0.39, 0.29) is 11.9 Å². The van der Waals surface area contributed by atoms with Crippen molar-refractivity contribution in [1.82, 2.24) is 5.32 Å². The SMILES string of the molecule is NC(=O)c1ccccc1-c1cccc(F)c1C1COCCN1. The molecular weight excluding hydrogens is 283 g/mol. The highest BCUT2D eigenvalue weighted by Crippen LogP contribution is 2.33. The molecule has 2 aromatic rings. The average Bonchev–Trinajstić information content (AvgIpc) is 2.55. The summed E-state index contributed by atoms with van der Waals surface area (Å²) in [6.07, 6.45) is 0. The van der Waals surface area contributed by atoms with E-state index in [2.05, 4.69) is 5.32 Å². The van der Waals surface area contributed by atoms with Crippen LogP contribution in [0.1, 0.15) is 22.0 Å². The van der Waals surface area contributed by atoms with Gasteiger partial charge in [0.1, 0.15) is 5.82 Å². The standard InChI is InChI=1S/C17H17FN2O2/c18-14-7-3-6-12(16(14)15-10-22-9-8-20-15)11-4-1-2-5-13(11)17(19)21/h1-7,15,20H,8-10H2,(H2,19,21). The van der Waals surface area contributed by atoms with Crippen LogP contribution in [0, 0.1) is 5.82 Å². The highest BCUT2D eigenvalue weighted by Gasteiger charge is 2.24. The summed E-state index contributed by atoms with van der Waals surface area (Å²) in [6, 6.07) is 11.6. The summed E-state index contributed by atoms with van der Waals surface area (Å²) in [5.41, 5.74) is 7.64. The molecule has 1 fully saturated rings. The van der Waals surface area contributed by atoms with Crippen LogP contribution in [0.25, 0.3) is 11.1 Å². The second-order valence-electron chi connectivity index (χ2n) is 5.19. The van der Waals surface area contributed by atoms with Gasteiger partial charge in [-0.1, -0.05) is 30.3 Å². The van der Waals surface area contributed by atoms with Gasteiger partial charge in [-0.15, -0.1) is 0 Å². The first kappa shape index (κ1) is 14.7. The number of nitrogens with one attached hydrogen (secondary N) is 1. The van der Waals surface area contributed by atoms with Gasteiger partial charge in [-0.3, -0.25) is 4.79 Å². The smallest absolute Gasteiger partial charge is 0.249 e. The lowest BCUT2D eigenvalue weighted by Crippen LogP contribution is -2.35. The molecule has 3 N–H and O–H groups in total. The fourth-order valence-corrected chi connectivity index (χ4v) is 2.81. The van der Waals surface area contributed by atoms with Gasteiger partial charge in [0.15, 0.2) is 0 Å². The van der Waals surface area contributed by atoms with E-state index >= 15 is 0 Å². The van der Waals surface area contributed by atoms with Gasteiger partial charge < -0.3 is 15.8 Å². The molecule has 0 bridgehead atoms. The normalized spacial score (nSPS) is 18.1. The molecule has 1 heterocycles. The predicted molar refractivity (Wildman–Crippen MR) is 81.9 cm³/mol. The van der Waals surface area contributed by atoms with Crippen LogP contribution in [0.15, 0.2) is 42.5 Å². The van der Waals surface area contributed by atoms with Gasteiger partial charge in [-0.25, -0.2) is 4.39 Å². The number of hydrogen-bond acceptors (Lipinski definition) is 3. The van der Waals surface area contributed by atoms with Crippen molar-refractivity contribution in [3.05, 3.63) is 59.4 Å². The molecule has 1 unspecified atom stereocenters. The van der Waals surface area contributed by atoms with Gasteiger partial charge in [0.25, 0.3) is 0 Å². The van der Waals surface area contributed by atoms with Crippen LogP contribution >= 0.6 is 0 Å². The van der Waals surface area contributed by atoms with Crippen molar-refractivity contribution in [2.45, 2.75) is 6.04 Å². The number of ether oxygens (including phenoxy) is 1. The van der Waals surface area contributed by atoms with E-state index in [1.807, 2.05) is 0 Å². The maximum Gasteiger partial charge on any atom is 0.249 e. The van der Waals surface area contributed by atoms with E-state index in [1.54, 1.807) is 36.4 Å². The number of halogens is 1. The number of hydrogen-bond donors (Lipinski definition) is 2. The molecule has 4 nitrogen and oxygen atoms in total. The Labute approximate surface area is 128 Å². The molecule has 5 heteroatoms. The van der Waals surface area contributed by atoms with Crippen molar-refractivity contribution < 1.29 is 13.9 Å². The number of primary amides is 1. The Balaban J connectivity index is 2.15. The number of nitrogens with two attached hydrogens (primary N) is 1. The summed E-state index contributed by atoms with van der Waals surface area (Å²) >= 11 is 0. The Morgan fingerprint density at radius 2 is 1.95 bits per heavy atom. The molecule has 1 atom stereocenters. The van der Waals surface area contributed by atoms with Crippen LogP contribution in [-0.2, 0) is 4.74 Å². The first-order chi connectivity index (χ1) is 10.7. The van der Waals surface area contributed by atoms with Crippen molar-refractivity contribution in [3.63, 3.8) is 0 Å². The minimum atomic E-state index is -0.529. The molecule has 0 spiro atoms. The largest absolute Gasteiger partial charge is 0.378 e. The molecule has 2 aromatic carbocycles. The van der Waals surface area contributed by atoms with Crippen LogP contribution in [0.3, 0.4) is 0 Å². The maximum absolute atomic E-state index is 14.4. The van der Waals surface area contributed by atoms with Crippen LogP contribution in [0.5, 0.6) is 0 Å². The van der Waals surface area contributed by atoms with Crippen LogP contribution in [0.2, 0.25) is 0 Å².